The minimum absolute atomic E-state index is 0.137. The molecule has 2 amide bonds. The van der Waals surface area contributed by atoms with Crippen LogP contribution in [0.2, 0.25) is 0 Å². The van der Waals surface area contributed by atoms with Crippen LogP contribution >= 0.6 is 11.3 Å². The van der Waals surface area contributed by atoms with Gasteiger partial charge in [0, 0.05) is 48.9 Å². The second kappa shape index (κ2) is 8.96. The molecule has 0 radical (unpaired) electrons. The van der Waals surface area contributed by atoms with Crippen molar-refractivity contribution >= 4 is 34.5 Å². The van der Waals surface area contributed by atoms with Crippen molar-refractivity contribution in [1.82, 2.24) is 10.3 Å². The molecular weight excluding hydrogens is 362 g/mol. The van der Waals surface area contributed by atoms with E-state index in [1.807, 2.05) is 18.2 Å². The van der Waals surface area contributed by atoms with E-state index in [4.69, 9.17) is 5.73 Å². The molecule has 4 N–H and O–H groups in total. The van der Waals surface area contributed by atoms with Gasteiger partial charge in [-0.1, -0.05) is 6.07 Å². The first kappa shape index (κ1) is 19.3. The van der Waals surface area contributed by atoms with Gasteiger partial charge >= 0.3 is 0 Å². The minimum atomic E-state index is -0.303. The zero-order valence-corrected chi connectivity index (χ0v) is 16.2. The van der Waals surface area contributed by atoms with Gasteiger partial charge in [-0.2, -0.15) is 0 Å². The molecule has 0 bridgehead atoms. The van der Waals surface area contributed by atoms with Crippen molar-refractivity contribution in [2.24, 2.45) is 5.73 Å². The van der Waals surface area contributed by atoms with Crippen LogP contribution in [0.5, 0.6) is 0 Å². The number of carbonyl (C=O) groups is 2. The summed E-state index contributed by atoms with van der Waals surface area (Å²) in [5.41, 5.74) is 7.76. The van der Waals surface area contributed by atoms with Gasteiger partial charge in [0.2, 0.25) is 5.91 Å². The van der Waals surface area contributed by atoms with Crippen molar-refractivity contribution in [2.75, 3.05) is 23.3 Å². The number of anilines is 2. The number of nitrogens with two attached hydrogens (primary N) is 1. The highest BCUT2D eigenvalue weighted by Gasteiger charge is 2.16. The number of aromatic nitrogens is 1. The van der Waals surface area contributed by atoms with E-state index in [9.17, 15) is 9.59 Å². The molecule has 8 heteroatoms. The summed E-state index contributed by atoms with van der Waals surface area (Å²) in [5, 5.41) is 8.10. The summed E-state index contributed by atoms with van der Waals surface area (Å²) >= 11 is 1.35. The highest BCUT2D eigenvalue weighted by Crippen LogP contribution is 2.23. The number of amides is 2. The normalized spacial score (nSPS) is 14.8. The second-order valence-electron chi connectivity index (χ2n) is 6.70. The second-order valence-corrected chi connectivity index (χ2v) is 7.64. The molecule has 1 unspecified atom stereocenters. The summed E-state index contributed by atoms with van der Waals surface area (Å²) in [4.78, 5) is 31.0. The van der Waals surface area contributed by atoms with Gasteiger partial charge in [-0.15, -0.1) is 11.3 Å². The Labute approximate surface area is 163 Å². The van der Waals surface area contributed by atoms with Crippen LogP contribution < -0.4 is 21.3 Å². The maximum atomic E-state index is 12.3. The largest absolute Gasteiger partial charge is 0.371 e. The monoisotopic (exact) mass is 387 g/mol. The van der Waals surface area contributed by atoms with E-state index in [1.54, 1.807) is 12.3 Å². The number of thiazole rings is 1. The Balaban J connectivity index is 1.51. The van der Waals surface area contributed by atoms with E-state index in [1.165, 1.54) is 24.2 Å². The number of nitrogens with zero attached hydrogens (tertiary/aromatic N) is 2. The van der Waals surface area contributed by atoms with Gasteiger partial charge in [-0.05, 0) is 38.0 Å². The number of benzene rings is 1. The molecule has 1 aromatic carbocycles. The van der Waals surface area contributed by atoms with E-state index in [2.05, 4.69) is 26.6 Å². The average molecular weight is 388 g/mol. The number of hydrogen-bond acceptors (Lipinski definition) is 6. The molecule has 1 aliphatic rings. The third-order valence-electron chi connectivity index (χ3n) is 4.43. The third-order valence-corrected chi connectivity index (χ3v) is 5.30. The van der Waals surface area contributed by atoms with Crippen LogP contribution in [0.1, 0.15) is 41.7 Å². The lowest BCUT2D eigenvalue weighted by Crippen LogP contribution is -2.35. The predicted octanol–water partition coefficient (Wildman–Crippen LogP) is 2.35. The van der Waals surface area contributed by atoms with Crippen LogP contribution in [0.15, 0.2) is 29.6 Å². The molecule has 144 valence electrons. The number of nitrogens with one attached hydrogen (secondary N) is 2. The molecule has 7 nitrogen and oxygen atoms in total. The van der Waals surface area contributed by atoms with Crippen LogP contribution in [0, 0.1) is 0 Å². The Hall–Kier alpha value is -2.45. The van der Waals surface area contributed by atoms with Crippen molar-refractivity contribution in [3.8, 4) is 0 Å². The van der Waals surface area contributed by atoms with Crippen LogP contribution in [0.3, 0.4) is 0 Å². The summed E-state index contributed by atoms with van der Waals surface area (Å²) < 4.78 is 0. The predicted molar refractivity (Wildman–Crippen MR) is 108 cm³/mol. The van der Waals surface area contributed by atoms with Gasteiger partial charge in [0.1, 0.15) is 10.7 Å². The topological polar surface area (TPSA) is 100 Å². The molecule has 3 rings (SSSR count). The standard InChI is InChI=1S/C19H25N5O2S/c1-13(21-19(26)16-12-27-18(11-20)23-16)9-17(25)22-14-5-4-6-15(10-14)24-7-2-3-8-24/h4-6,10,12-13H,2-3,7-9,11,20H2,1H3,(H,21,26)(H,22,25). The fraction of sp³-hybridized carbons (Fsp3) is 0.421. The smallest absolute Gasteiger partial charge is 0.270 e. The van der Waals surface area contributed by atoms with Gasteiger partial charge in [0.05, 0.1) is 0 Å². The Bertz CT molecular complexity index is 801. The van der Waals surface area contributed by atoms with Crippen molar-refractivity contribution in [1.29, 1.82) is 0 Å². The molecular formula is C19H25N5O2S. The van der Waals surface area contributed by atoms with Crippen molar-refractivity contribution in [2.45, 2.75) is 38.8 Å². The van der Waals surface area contributed by atoms with E-state index in [-0.39, 0.29) is 24.3 Å². The first-order valence-corrected chi connectivity index (χ1v) is 10.0. The maximum Gasteiger partial charge on any atom is 0.270 e. The summed E-state index contributed by atoms with van der Waals surface area (Å²) in [6.45, 7) is 4.23. The molecule has 0 saturated carbocycles. The number of hydrogen-bond donors (Lipinski definition) is 3. The fourth-order valence-corrected chi connectivity index (χ4v) is 3.76. The number of carbonyl (C=O) groups excluding carboxylic acids is 2. The highest BCUT2D eigenvalue weighted by molar-refractivity contribution is 7.09. The van der Waals surface area contributed by atoms with Crippen molar-refractivity contribution in [3.05, 3.63) is 40.3 Å². The van der Waals surface area contributed by atoms with E-state index in [0.717, 1.165) is 24.5 Å². The molecule has 1 atom stereocenters. The van der Waals surface area contributed by atoms with Crippen LogP contribution in [-0.4, -0.2) is 35.9 Å². The lowest BCUT2D eigenvalue weighted by atomic mass is 10.2. The molecule has 27 heavy (non-hydrogen) atoms. The molecule has 0 spiro atoms. The first-order valence-electron chi connectivity index (χ1n) is 9.15. The quantitative estimate of drug-likeness (QED) is 0.677. The molecule has 1 aromatic heterocycles. The Morgan fingerprint density at radius 1 is 1.33 bits per heavy atom. The molecule has 1 saturated heterocycles. The Kier molecular flexibility index (Phi) is 6.41. The Morgan fingerprint density at radius 2 is 2.11 bits per heavy atom. The van der Waals surface area contributed by atoms with E-state index >= 15 is 0 Å². The van der Waals surface area contributed by atoms with Gasteiger partial charge in [0.25, 0.3) is 5.91 Å². The van der Waals surface area contributed by atoms with Crippen molar-refractivity contribution < 1.29 is 9.59 Å². The third kappa shape index (κ3) is 5.27. The SMILES string of the molecule is CC(CC(=O)Nc1cccc(N2CCCC2)c1)NC(=O)c1csc(CN)n1. The maximum absolute atomic E-state index is 12.3. The summed E-state index contributed by atoms with van der Waals surface area (Å²) in [5.74, 6) is -0.426. The van der Waals surface area contributed by atoms with Gasteiger partial charge in [-0.3, -0.25) is 9.59 Å². The average Bonchev–Trinajstić information content (AvgIpc) is 3.33. The molecule has 1 fully saturated rings. The minimum Gasteiger partial charge on any atom is -0.371 e. The summed E-state index contributed by atoms with van der Waals surface area (Å²) in [6.07, 6.45) is 2.60. The van der Waals surface area contributed by atoms with E-state index in [0.29, 0.717) is 17.2 Å². The molecule has 2 aromatic rings. The van der Waals surface area contributed by atoms with E-state index < -0.39 is 0 Å². The highest BCUT2D eigenvalue weighted by atomic mass is 32.1. The van der Waals surface area contributed by atoms with Crippen LogP contribution in [-0.2, 0) is 11.3 Å². The summed E-state index contributed by atoms with van der Waals surface area (Å²) in [6, 6.07) is 7.58. The van der Waals surface area contributed by atoms with Crippen LogP contribution in [0.4, 0.5) is 11.4 Å². The number of rotatable bonds is 7. The molecule has 1 aliphatic heterocycles. The van der Waals surface area contributed by atoms with Gasteiger partial charge < -0.3 is 21.3 Å². The van der Waals surface area contributed by atoms with Gasteiger partial charge in [-0.25, -0.2) is 4.98 Å². The zero-order valence-electron chi connectivity index (χ0n) is 15.4. The summed E-state index contributed by atoms with van der Waals surface area (Å²) in [7, 11) is 0. The van der Waals surface area contributed by atoms with Crippen molar-refractivity contribution in [3.63, 3.8) is 0 Å². The fourth-order valence-electron chi connectivity index (χ4n) is 3.10. The van der Waals surface area contributed by atoms with Crippen LogP contribution in [0.25, 0.3) is 0 Å². The molecule has 0 aliphatic carbocycles. The first-order chi connectivity index (χ1) is 13.0. The zero-order chi connectivity index (χ0) is 19.2. The van der Waals surface area contributed by atoms with Gasteiger partial charge in [0.15, 0.2) is 0 Å². The lowest BCUT2D eigenvalue weighted by molar-refractivity contribution is -0.116. The molecule has 2 heterocycles. The Morgan fingerprint density at radius 3 is 2.81 bits per heavy atom. The lowest BCUT2D eigenvalue weighted by Gasteiger charge is -2.19.